The highest BCUT2D eigenvalue weighted by Gasteiger charge is 2.32. The minimum absolute atomic E-state index is 0.0613. The smallest absolute Gasteiger partial charge is 0.234 e. The lowest BCUT2D eigenvalue weighted by Crippen LogP contribution is -2.42. The number of nitrogens with zero attached hydrogens (tertiary/aromatic N) is 1. The van der Waals surface area contributed by atoms with Crippen molar-refractivity contribution in [2.45, 2.75) is 19.4 Å². The maximum absolute atomic E-state index is 12.2. The van der Waals surface area contributed by atoms with Gasteiger partial charge in [-0.25, -0.2) is 0 Å². The molecule has 1 aromatic carbocycles. The quantitative estimate of drug-likeness (QED) is 0.861. The fourth-order valence-electron chi connectivity index (χ4n) is 3.39. The third kappa shape index (κ3) is 3.65. The largest absolute Gasteiger partial charge is 0.493 e. The summed E-state index contributed by atoms with van der Waals surface area (Å²) in [6, 6.07) is 8.37. The zero-order chi connectivity index (χ0) is 17.8. The van der Waals surface area contributed by atoms with E-state index >= 15 is 0 Å². The second kappa shape index (κ2) is 7.89. The molecule has 1 aromatic heterocycles. The second-order valence-corrected chi connectivity index (χ2v) is 6.98. The molecule has 1 N–H and O–H groups in total. The van der Waals surface area contributed by atoms with E-state index in [9.17, 15) is 4.79 Å². The Labute approximate surface area is 152 Å². The first-order chi connectivity index (χ1) is 12.2. The van der Waals surface area contributed by atoms with Crippen LogP contribution in [0.2, 0.25) is 0 Å². The number of fused-ring (bicyclic) bond motifs is 1. The highest BCUT2D eigenvalue weighted by atomic mass is 32.1. The lowest BCUT2D eigenvalue weighted by molar-refractivity contribution is -0.122. The zero-order valence-corrected chi connectivity index (χ0v) is 15.7. The highest BCUT2D eigenvalue weighted by Crippen LogP contribution is 2.41. The van der Waals surface area contributed by atoms with E-state index in [0.29, 0.717) is 13.1 Å². The predicted molar refractivity (Wildman–Crippen MR) is 99.7 cm³/mol. The van der Waals surface area contributed by atoms with Gasteiger partial charge in [-0.05, 0) is 48.1 Å². The lowest BCUT2D eigenvalue weighted by atomic mass is 9.91. The van der Waals surface area contributed by atoms with Crippen molar-refractivity contribution in [1.82, 2.24) is 10.2 Å². The summed E-state index contributed by atoms with van der Waals surface area (Å²) < 4.78 is 11.0. The molecule has 1 unspecified atom stereocenters. The summed E-state index contributed by atoms with van der Waals surface area (Å²) >= 11 is 1.72. The van der Waals surface area contributed by atoms with Gasteiger partial charge in [-0.15, -0.1) is 11.3 Å². The van der Waals surface area contributed by atoms with Gasteiger partial charge < -0.3 is 14.8 Å². The van der Waals surface area contributed by atoms with Gasteiger partial charge in [-0.2, -0.15) is 0 Å². The van der Waals surface area contributed by atoms with Gasteiger partial charge in [0.1, 0.15) is 0 Å². The topological polar surface area (TPSA) is 50.8 Å². The van der Waals surface area contributed by atoms with Crippen LogP contribution in [-0.4, -0.2) is 44.7 Å². The van der Waals surface area contributed by atoms with Crippen molar-refractivity contribution >= 4 is 17.2 Å². The Morgan fingerprint density at radius 3 is 2.72 bits per heavy atom. The number of amides is 1. The predicted octanol–water partition coefficient (Wildman–Crippen LogP) is 2.85. The number of carbonyl (C=O) groups is 1. The number of hydrogen-bond acceptors (Lipinski definition) is 5. The van der Waals surface area contributed by atoms with Gasteiger partial charge in [-0.3, -0.25) is 9.69 Å². The van der Waals surface area contributed by atoms with Crippen molar-refractivity contribution in [2.24, 2.45) is 0 Å². The van der Waals surface area contributed by atoms with Crippen molar-refractivity contribution in [3.05, 3.63) is 45.6 Å². The van der Waals surface area contributed by atoms with Crippen molar-refractivity contribution in [3.8, 4) is 11.5 Å². The standard InChI is InChI=1S/C19H24N2O3S/c1-4-20-18(22)12-21-8-7-13-10-15(23-2)16(24-3)11-14(13)19(21)17-6-5-9-25-17/h5-6,9-11,19H,4,7-8,12H2,1-3H3,(H,20,22). The Bertz CT molecular complexity index is 731. The van der Waals surface area contributed by atoms with Crippen LogP contribution >= 0.6 is 11.3 Å². The van der Waals surface area contributed by atoms with E-state index in [1.807, 2.05) is 6.92 Å². The van der Waals surface area contributed by atoms with E-state index in [1.54, 1.807) is 25.6 Å². The number of rotatable bonds is 6. The van der Waals surface area contributed by atoms with Crippen LogP contribution in [0.3, 0.4) is 0 Å². The number of likely N-dealkylation sites (N-methyl/N-ethyl adjacent to an activating group) is 1. The van der Waals surface area contributed by atoms with Gasteiger partial charge in [0.05, 0.1) is 26.8 Å². The average Bonchev–Trinajstić information content (AvgIpc) is 3.14. The molecule has 2 heterocycles. The molecule has 1 aliphatic rings. The third-order valence-corrected chi connectivity index (χ3v) is 5.43. The molecular formula is C19H24N2O3S. The number of thiophene rings is 1. The number of methoxy groups -OCH3 is 2. The van der Waals surface area contributed by atoms with Gasteiger partial charge in [-0.1, -0.05) is 6.07 Å². The summed E-state index contributed by atoms with van der Waals surface area (Å²) in [5.41, 5.74) is 2.44. The Morgan fingerprint density at radius 2 is 2.08 bits per heavy atom. The molecule has 2 aromatic rings. The molecule has 1 aliphatic heterocycles. The van der Waals surface area contributed by atoms with Crippen LogP contribution < -0.4 is 14.8 Å². The monoisotopic (exact) mass is 360 g/mol. The van der Waals surface area contributed by atoms with Crippen LogP contribution in [0.15, 0.2) is 29.6 Å². The molecule has 5 nitrogen and oxygen atoms in total. The molecule has 25 heavy (non-hydrogen) atoms. The molecule has 0 fully saturated rings. The summed E-state index contributed by atoms with van der Waals surface area (Å²) in [5, 5.41) is 4.98. The SMILES string of the molecule is CCNC(=O)CN1CCc2cc(OC)c(OC)cc2C1c1cccs1. The molecule has 134 valence electrons. The lowest BCUT2D eigenvalue weighted by Gasteiger charge is -2.36. The normalized spacial score (nSPS) is 17.0. The Hall–Kier alpha value is -2.05. The summed E-state index contributed by atoms with van der Waals surface area (Å²) in [6.07, 6.45) is 0.886. The fraction of sp³-hybridized carbons (Fsp3) is 0.421. The van der Waals surface area contributed by atoms with E-state index < -0.39 is 0 Å². The molecule has 3 rings (SSSR count). The van der Waals surface area contributed by atoms with E-state index in [-0.39, 0.29) is 11.9 Å². The number of ether oxygens (including phenoxy) is 2. The third-order valence-electron chi connectivity index (χ3n) is 4.51. The van der Waals surface area contributed by atoms with Crippen LogP contribution in [0.1, 0.15) is 29.0 Å². The molecule has 0 aliphatic carbocycles. The average molecular weight is 360 g/mol. The Balaban J connectivity index is 2.01. The van der Waals surface area contributed by atoms with E-state index in [4.69, 9.17) is 9.47 Å². The number of nitrogens with one attached hydrogen (secondary N) is 1. The van der Waals surface area contributed by atoms with E-state index in [0.717, 1.165) is 24.5 Å². The van der Waals surface area contributed by atoms with Crippen LogP contribution in [0.5, 0.6) is 11.5 Å². The van der Waals surface area contributed by atoms with Crippen molar-refractivity contribution in [1.29, 1.82) is 0 Å². The summed E-state index contributed by atoms with van der Waals surface area (Å²) in [5.74, 6) is 1.54. The maximum atomic E-state index is 12.2. The Morgan fingerprint density at radius 1 is 1.32 bits per heavy atom. The number of hydrogen-bond donors (Lipinski definition) is 1. The van der Waals surface area contributed by atoms with Gasteiger partial charge >= 0.3 is 0 Å². The van der Waals surface area contributed by atoms with Gasteiger partial charge in [0.25, 0.3) is 0 Å². The summed E-state index contributed by atoms with van der Waals surface area (Å²) in [6.45, 7) is 3.82. The Kier molecular flexibility index (Phi) is 5.60. The first-order valence-electron chi connectivity index (χ1n) is 8.46. The molecule has 0 bridgehead atoms. The molecule has 0 spiro atoms. The molecular weight excluding hydrogens is 336 g/mol. The van der Waals surface area contributed by atoms with E-state index in [2.05, 4.69) is 39.9 Å². The molecule has 6 heteroatoms. The minimum Gasteiger partial charge on any atom is -0.493 e. The van der Waals surface area contributed by atoms with Crippen LogP contribution in [0.4, 0.5) is 0 Å². The van der Waals surface area contributed by atoms with Gasteiger partial charge in [0.15, 0.2) is 11.5 Å². The molecule has 0 radical (unpaired) electrons. The summed E-state index contributed by atoms with van der Waals surface area (Å²) in [4.78, 5) is 15.6. The van der Waals surface area contributed by atoms with Crippen LogP contribution in [0, 0.1) is 0 Å². The van der Waals surface area contributed by atoms with E-state index in [1.165, 1.54) is 16.0 Å². The first kappa shape index (κ1) is 17.8. The highest BCUT2D eigenvalue weighted by molar-refractivity contribution is 7.10. The van der Waals surface area contributed by atoms with Gasteiger partial charge in [0.2, 0.25) is 5.91 Å². The zero-order valence-electron chi connectivity index (χ0n) is 14.9. The van der Waals surface area contributed by atoms with Crippen LogP contribution in [-0.2, 0) is 11.2 Å². The molecule has 1 atom stereocenters. The van der Waals surface area contributed by atoms with Crippen molar-refractivity contribution in [2.75, 3.05) is 33.9 Å². The molecule has 0 saturated carbocycles. The summed E-state index contributed by atoms with van der Waals surface area (Å²) in [7, 11) is 3.31. The molecule has 1 amide bonds. The van der Waals surface area contributed by atoms with Crippen molar-refractivity contribution < 1.29 is 14.3 Å². The first-order valence-corrected chi connectivity index (χ1v) is 9.34. The number of benzene rings is 1. The second-order valence-electron chi connectivity index (χ2n) is 6.00. The van der Waals surface area contributed by atoms with Crippen LogP contribution in [0.25, 0.3) is 0 Å². The van der Waals surface area contributed by atoms with Crippen molar-refractivity contribution in [3.63, 3.8) is 0 Å². The minimum atomic E-state index is 0.0613. The molecule has 0 saturated heterocycles. The van der Waals surface area contributed by atoms with Gasteiger partial charge in [0, 0.05) is 18.0 Å². The number of carbonyl (C=O) groups excluding carboxylic acids is 1. The maximum Gasteiger partial charge on any atom is 0.234 e. The fourth-order valence-corrected chi connectivity index (χ4v) is 4.26.